The second-order valence-corrected chi connectivity index (χ2v) is 8.43. The van der Waals surface area contributed by atoms with Gasteiger partial charge in [0.25, 0.3) is 5.91 Å². The number of ether oxygens (including phenoxy) is 1. The topological polar surface area (TPSA) is 81.1 Å². The highest BCUT2D eigenvalue weighted by Gasteiger charge is 2.29. The Morgan fingerprint density at radius 3 is 2.87 bits per heavy atom. The highest BCUT2D eigenvalue weighted by atomic mass is 32.2. The molecule has 0 aliphatic carbocycles. The molecule has 0 spiro atoms. The summed E-state index contributed by atoms with van der Waals surface area (Å²) in [5.41, 5.74) is 3.55. The van der Waals surface area contributed by atoms with E-state index in [1.54, 1.807) is 18.8 Å². The Kier molecular flexibility index (Phi) is 4.78. The van der Waals surface area contributed by atoms with Crippen LogP contribution in [0.1, 0.15) is 21.6 Å². The number of carbonyl (C=O) groups is 1. The Bertz CT molecular complexity index is 1290. The van der Waals surface area contributed by atoms with E-state index in [2.05, 4.69) is 26.7 Å². The van der Waals surface area contributed by atoms with Crippen LogP contribution in [0.15, 0.2) is 65.9 Å². The normalized spacial score (nSPS) is 17.4. The van der Waals surface area contributed by atoms with Gasteiger partial charge in [-0.15, -0.1) is 0 Å². The van der Waals surface area contributed by atoms with Crippen LogP contribution < -0.4 is 15.4 Å². The molecular weight excluding hydrogens is 410 g/mol. The summed E-state index contributed by atoms with van der Waals surface area (Å²) in [7, 11) is 3.61. The summed E-state index contributed by atoms with van der Waals surface area (Å²) in [4.78, 5) is 22.8. The first-order valence-corrected chi connectivity index (χ1v) is 10.7. The molecule has 0 saturated carbocycles. The Balaban J connectivity index is 1.48. The lowest BCUT2D eigenvalue weighted by Crippen LogP contribution is -2.25. The largest absolute Gasteiger partial charge is 0.456 e. The van der Waals surface area contributed by atoms with E-state index < -0.39 is 0 Å². The number of hydrogen-bond acceptors (Lipinski definition) is 6. The van der Waals surface area contributed by atoms with E-state index in [0.29, 0.717) is 5.56 Å². The fraction of sp³-hybridized carbons (Fsp3) is 0.174. The van der Waals surface area contributed by atoms with Crippen molar-refractivity contribution in [1.82, 2.24) is 25.2 Å². The molecule has 31 heavy (non-hydrogen) atoms. The zero-order valence-corrected chi connectivity index (χ0v) is 18.2. The molecule has 2 aromatic heterocycles. The van der Waals surface area contributed by atoms with Gasteiger partial charge in [-0.05, 0) is 31.2 Å². The molecule has 2 N–H and O–H groups in total. The van der Waals surface area contributed by atoms with Crippen molar-refractivity contribution < 1.29 is 9.53 Å². The van der Waals surface area contributed by atoms with Gasteiger partial charge >= 0.3 is 0 Å². The van der Waals surface area contributed by atoms with Crippen molar-refractivity contribution >= 4 is 33.5 Å². The third-order valence-electron chi connectivity index (χ3n) is 5.57. The molecule has 0 saturated heterocycles. The van der Waals surface area contributed by atoms with Crippen LogP contribution in [0.5, 0.6) is 5.75 Å². The Morgan fingerprint density at radius 1 is 1.29 bits per heavy atom. The van der Waals surface area contributed by atoms with E-state index >= 15 is 0 Å². The summed E-state index contributed by atoms with van der Waals surface area (Å²) in [6.45, 7) is 1.95. The van der Waals surface area contributed by atoms with Gasteiger partial charge in [0, 0.05) is 60.3 Å². The number of aryl methyl sites for hydroxylation is 1. The number of hydrogen-bond donors (Lipinski definition) is 2. The molecule has 5 rings (SSSR count). The maximum Gasteiger partial charge on any atom is 0.253 e. The third-order valence-corrected chi connectivity index (χ3v) is 6.83. The van der Waals surface area contributed by atoms with E-state index in [1.165, 1.54) is 6.33 Å². The molecule has 4 heterocycles. The molecule has 2 aliphatic heterocycles. The molecule has 3 aromatic rings. The van der Waals surface area contributed by atoms with Crippen molar-refractivity contribution in [3.63, 3.8) is 0 Å². The zero-order chi connectivity index (χ0) is 21.5. The molecule has 7 nitrogen and oxygen atoms in total. The lowest BCUT2D eigenvalue weighted by atomic mass is 10.1. The monoisotopic (exact) mass is 431 g/mol. The summed E-state index contributed by atoms with van der Waals surface area (Å²) in [6, 6.07) is 5.89. The Morgan fingerprint density at radius 2 is 2.10 bits per heavy atom. The zero-order valence-electron chi connectivity index (χ0n) is 17.3. The number of dihydropyridines is 1. The fourth-order valence-electron chi connectivity index (χ4n) is 3.89. The summed E-state index contributed by atoms with van der Waals surface area (Å²) in [5, 5.41) is 6.99. The first kappa shape index (κ1) is 19.4. The number of nitrogens with one attached hydrogen (secondary N) is 2. The van der Waals surface area contributed by atoms with Crippen LogP contribution in [0, 0.1) is 6.92 Å². The van der Waals surface area contributed by atoms with Gasteiger partial charge in [0.2, 0.25) is 0 Å². The molecular formula is C23H21N5O2S. The van der Waals surface area contributed by atoms with E-state index in [1.807, 2.05) is 61.4 Å². The van der Waals surface area contributed by atoms with Gasteiger partial charge in [-0.2, -0.15) is 0 Å². The molecule has 0 fully saturated rings. The number of carbonyl (C=O) groups excluding carboxylic acids is 1. The standard InChI is InChI=1S/C23H21N5O2S/c1-13-21(23(29)24-2)16-5-4-15(8-18(16)28(13)3)30-19-6-7-27-17-9-20(31-22(17)19)14-10-25-12-26-11-14/h4-12,17,27H,1-3H3,(H,24,29). The summed E-state index contributed by atoms with van der Waals surface area (Å²) >= 11 is 1.66. The maximum atomic E-state index is 12.3. The first-order valence-electron chi connectivity index (χ1n) is 9.87. The van der Waals surface area contributed by atoms with Gasteiger partial charge in [-0.25, -0.2) is 9.97 Å². The summed E-state index contributed by atoms with van der Waals surface area (Å²) in [6.07, 6.45) is 11.2. The number of thioether (sulfide) groups is 1. The van der Waals surface area contributed by atoms with Crippen molar-refractivity contribution in [2.75, 3.05) is 7.05 Å². The maximum absolute atomic E-state index is 12.3. The lowest BCUT2D eigenvalue weighted by molar-refractivity contribution is 0.0964. The minimum Gasteiger partial charge on any atom is -0.456 e. The number of amides is 1. The van der Waals surface area contributed by atoms with Crippen LogP contribution in [0.25, 0.3) is 15.8 Å². The Labute approximate surface area is 183 Å². The average Bonchev–Trinajstić information content (AvgIpc) is 3.34. The van der Waals surface area contributed by atoms with Crippen LogP contribution in [0.3, 0.4) is 0 Å². The minimum absolute atomic E-state index is 0.0565. The smallest absolute Gasteiger partial charge is 0.253 e. The predicted molar refractivity (Wildman–Crippen MR) is 122 cm³/mol. The second kappa shape index (κ2) is 7.63. The first-order chi connectivity index (χ1) is 15.1. The van der Waals surface area contributed by atoms with E-state index in [-0.39, 0.29) is 11.9 Å². The van der Waals surface area contributed by atoms with Gasteiger partial charge in [-0.1, -0.05) is 11.8 Å². The van der Waals surface area contributed by atoms with Gasteiger partial charge in [-0.3, -0.25) is 4.79 Å². The number of allylic oxidation sites excluding steroid dienone is 1. The molecule has 1 amide bonds. The quantitative estimate of drug-likeness (QED) is 0.658. The SMILES string of the molecule is CNC(=O)c1c(C)n(C)c2cc(OC3=C4SC(c5cncnc5)=CC4NC=C3)ccc12. The molecule has 2 aliphatic rings. The molecule has 1 aromatic carbocycles. The third kappa shape index (κ3) is 3.29. The van der Waals surface area contributed by atoms with Gasteiger partial charge in [0.15, 0.2) is 0 Å². The number of fused-ring (bicyclic) bond motifs is 2. The Hall–Kier alpha value is -3.52. The van der Waals surface area contributed by atoms with Gasteiger partial charge in [0.05, 0.1) is 22.0 Å². The predicted octanol–water partition coefficient (Wildman–Crippen LogP) is 3.50. The van der Waals surface area contributed by atoms with Crippen LogP contribution >= 0.6 is 11.8 Å². The van der Waals surface area contributed by atoms with Crippen LogP contribution in [-0.2, 0) is 7.05 Å². The molecule has 156 valence electrons. The highest BCUT2D eigenvalue weighted by Crippen LogP contribution is 2.45. The van der Waals surface area contributed by atoms with Gasteiger partial charge < -0.3 is 19.9 Å². The number of nitrogens with zero attached hydrogens (tertiary/aromatic N) is 3. The van der Waals surface area contributed by atoms with Crippen molar-refractivity contribution in [3.8, 4) is 5.75 Å². The second-order valence-electron chi connectivity index (χ2n) is 7.35. The fourth-order valence-corrected chi connectivity index (χ4v) is 5.03. The number of aromatic nitrogens is 3. The summed E-state index contributed by atoms with van der Waals surface area (Å²) in [5.74, 6) is 1.44. The van der Waals surface area contributed by atoms with Crippen molar-refractivity contribution in [1.29, 1.82) is 0 Å². The van der Waals surface area contributed by atoms with E-state index in [4.69, 9.17) is 4.74 Å². The van der Waals surface area contributed by atoms with E-state index in [9.17, 15) is 4.79 Å². The highest BCUT2D eigenvalue weighted by molar-refractivity contribution is 8.12. The molecule has 0 radical (unpaired) electrons. The average molecular weight is 432 g/mol. The van der Waals surface area contributed by atoms with Gasteiger partial charge in [0.1, 0.15) is 17.8 Å². The minimum atomic E-state index is -0.0864. The van der Waals surface area contributed by atoms with Crippen LogP contribution in [0.2, 0.25) is 0 Å². The van der Waals surface area contributed by atoms with Crippen molar-refractivity contribution in [2.45, 2.75) is 13.0 Å². The number of rotatable bonds is 4. The van der Waals surface area contributed by atoms with Crippen molar-refractivity contribution in [3.05, 3.63) is 82.8 Å². The van der Waals surface area contributed by atoms with Crippen molar-refractivity contribution in [2.24, 2.45) is 7.05 Å². The molecule has 1 atom stereocenters. The molecule has 8 heteroatoms. The van der Waals surface area contributed by atoms with Crippen LogP contribution in [-0.4, -0.2) is 33.5 Å². The van der Waals surface area contributed by atoms with Crippen LogP contribution in [0.4, 0.5) is 0 Å². The lowest BCUT2D eigenvalue weighted by Gasteiger charge is -2.19. The van der Waals surface area contributed by atoms with E-state index in [0.717, 1.165) is 43.5 Å². The molecule has 1 unspecified atom stereocenters. The number of benzene rings is 1. The molecule has 0 bridgehead atoms. The summed E-state index contributed by atoms with van der Waals surface area (Å²) < 4.78 is 8.32.